The summed E-state index contributed by atoms with van der Waals surface area (Å²) in [5.74, 6) is 1.64. The van der Waals surface area contributed by atoms with Gasteiger partial charge in [0.15, 0.2) is 5.82 Å². The topological polar surface area (TPSA) is 89.5 Å². The van der Waals surface area contributed by atoms with Crippen LogP contribution in [0.15, 0.2) is 55.0 Å². The maximum Gasteiger partial charge on any atom is 0.410 e. The highest BCUT2D eigenvalue weighted by atomic mass is 16.6. The van der Waals surface area contributed by atoms with Crippen LogP contribution in [-0.2, 0) is 11.2 Å². The van der Waals surface area contributed by atoms with Crippen molar-refractivity contribution in [2.45, 2.75) is 58.6 Å². The number of amides is 1. The highest BCUT2D eigenvalue weighted by Gasteiger charge is 2.32. The Morgan fingerprint density at radius 2 is 1.97 bits per heavy atom. The zero-order valence-electron chi connectivity index (χ0n) is 20.8. The molecule has 8 nitrogen and oxygen atoms in total. The van der Waals surface area contributed by atoms with Crippen LogP contribution in [0.4, 0.5) is 10.5 Å². The van der Waals surface area contributed by atoms with Gasteiger partial charge >= 0.3 is 6.09 Å². The van der Waals surface area contributed by atoms with E-state index in [-0.39, 0.29) is 12.1 Å². The molecule has 1 atom stereocenters. The van der Waals surface area contributed by atoms with E-state index in [9.17, 15) is 4.79 Å². The van der Waals surface area contributed by atoms with Gasteiger partial charge in [0.25, 0.3) is 0 Å². The van der Waals surface area contributed by atoms with Crippen molar-refractivity contribution in [1.82, 2.24) is 19.9 Å². The number of likely N-dealkylation sites (tertiary alicyclic amines) is 1. The lowest BCUT2D eigenvalue weighted by Gasteiger charge is -2.29. The average molecular weight is 476 g/mol. The van der Waals surface area contributed by atoms with E-state index >= 15 is 0 Å². The molecule has 1 saturated heterocycles. The summed E-state index contributed by atoms with van der Waals surface area (Å²) in [5.41, 5.74) is 2.17. The SMILES string of the molecule is CCc1ccc(Oc2nc(-c3cccnc3)ncc2NCC2CCCN2C(=O)OC(C)(C)C)cc1. The van der Waals surface area contributed by atoms with Gasteiger partial charge in [0.05, 0.1) is 12.2 Å². The van der Waals surface area contributed by atoms with E-state index in [0.29, 0.717) is 36.2 Å². The number of aromatic nitrogens is 3. The van der Waals surface area contributed by atoms with Gasteiger partial charge in [-0.1, -0.05) is 19.1 Å². The van der Waals surface area contributed by atoms with Gasteiger partial charge in [0.2, 0.25) is 5.88 Å². The average Bonchev–Trinajstić information content (AvgIpc) is 3.32. The summed E-state index contributed by atoms with van der Waals surface area (Å²) in [4.78, 5) is 27.8. The normalized spacial score (nSPS) is 15.7. The molecule has 0 saturated carbocycles. The fourth-order valence-electron chi connectivity index (χ4n) is 3.94. The van der Waals surface area contributed by atoms with Crippen LogP contribution in [0.1, 0.15) is 46.1 Å². The minimum Gasteiger partial charge on any atom is -0.444 e. The summed E-state index contributed by atoms with van der Waals surface area (Å²) >= 11 is 0. The number of ether oxygens (including phenoxy) is 2. The lowest BCUT2D eigenvalue weighted by atomic mass is 10.2. The second-order valence-electron chi connectivity index (χ2n) is 9.60. The van der Waals surface area contributed by atoms with Gasteiger partial charge in [0, 0.05) is 31.0 Å². The Kier molecular flexibility index (Phi) is 7.48. The Balaban J connectivity index is 1.54. The zero-order chi connectivity index (χ0) is 24.8. The van der Waals surface area contributed by atoms with Crippen molar-refractivity contribution >= 4 is 11.8 Å². The van der Waals surface area contributed by atoms with Crippen LogP contribution in [0.5, 0.6) is 11.6 Å². The molecule has 2 aromatic heterocycles. The number of pyridine rings is 1. The largest absolute Gasteiger partial charge is 0.444 e. The third kappa shape index (κ3) is 6.47. The summed E-state index contributed by atoms with van der Waals surface area (Å²) in [6, 6.07) is 11.7. The third-order valence-electron chi connectivity index (χ3n) is 5.75. The molecule has 4 rings (SSSR count). The second-order valence-corrected chi connectivity index (χ2v) is 9.60. The highest BCUT2D eigenvalue weighted by Crippen LogP contribution is 2.30. The van der Waals surface area contributed by atoms with E-state index < -0.39 is 5.60 Å². The molecule has 1 aliphatic heterocycles. The molecule has 1 fully saturated rings. The molecule has 8 heteroatoms. The highest BCUT2D eigenvalue weighted by molar-refractivity contribution is 5.69. The van der Waals surface area contributed by atoms with Gasteiger partial charge < -0.3 is 19.7 Å². The molecule has 1 unspecified atom stereocenters. The number of nitrogens with one attached hydrogen (secondary N) is 1. The van der Waals surface area contributed by atoms with E-state index in [1.54, 1.807) is 23.5 Å². The number of anilines is 1. The number of hydrogen-bond acceptors (Lipinski definition) is 7. The quantitative estimate of drug-likeness (QED) is 0.468. The molecule has 0 bridgehead atoms. The van der Waals surface area contributed by atoms with E-state index in [1.165, 1.54) is 5.56 Å². The smallest absolute Gasteiger partial charge is 0.410 e. The van der Waals surface area contributed by atoms with Crippen molar-refractivity contribution in [2.75, 3.05) is 18.4 Å². The monoisotopic (exact) mass is 475 g/mol. The number of aryl methyl sites for hydroxylation is 1. The molecule has 1 amide bonds. The Labute approximate surface area is 206 Å². The minimum atomic E-state index is -0.526. The molecule has 3 aromatic rings. The maximum atomic E-state index is 12.7. The van der Waals surface area contributed by atoms with E-state index in [4.69, 9.17) is 9.47 Å². The zero-order valence-corrected chi connectivity index (χ0v) is 20.8. The molecule has 1 aromatic carbocycles. The first-order chi connectivity index (χ1) is 16.8. The second kappa shape index (κ2) is 10.7. The molecule has 184 valence electrons. The van der Waals surface area contributed by atoms with Crippen LogP contribution in [0.3, 0.4) is 0 Å². The third-order valence-corrected chi connectivity index (χ3v) is 5.75. The van der Waals surface area contributed by atoms with Crippen LogP contribution >= 0.6 is 0 Å². The minimum absolute atomic E-state index is 0.0135. The maximum absolute atomic E-state index is 12.7. The molecular formula is C27H33N5O3. The number of carbonyl (C=O) groups is 1. The number of rotatable bonds is 7. The van der Waals surface area contributed by atoms with Gasteiger partial charge in [-0.05, 0) is 69.9 Å². The van der Waals surface area contributed by atoms with Crippen LogP contribution in [0.25, 0.3) is 11.4 Å². The Morgan fingerprint density at radius 3 is 2.66 bits per heavy atom. The van der Waals surface area contributed by atoms with Gasteiger partial charge in [-0.3, -0.25) is 4.98 Å². The number of nitrogens with zero attached hydrogens (tertiary/aromatic N) is 4. The summed E-state index contributed by atoms with van der Waals surface area (Å²) < 4.78 is 11.8. The van der Waals surface area contributed by atoms with Crippen LogP contribution in [-0.4, -0.2) is 50.7 Å². The lowest BCUT2D eigenvalue weighted by Crippen LogP contribution is -2.42. The Morgan fingerprint density at radius 1 is 1.17 bits per heavy atom. The fourth-order valence-corrected chi connectivity index (χ4v) is 3.94. The van der Waals surface area contributed by atoms with Crippen LogP contribution < -0.4 is 10.1 Å². The van der Waals surface area contributed by atoms with Crippen LogP contribution in [0.2, 0.25) is 0 Å². The van der Waals surface area contributed by atoms with Crippen molar-refractivity contribution in [3.63, 3.8) is 0 Å². The lowest BCUT2D eigenvalue weighted by molar-refractivity contribution is 0.0235. The van der Waals surface area contributed by atoms with Crippen molar-refractivity contribution in [3.8, 4) is 23.0 Å². The van der Waals surface area contributed by atoms with E-state index in [0.717, 1.165) is 24.8 Å². The predicted octanol–water partition coefficient (Wildman–Crippen LogP) is 5.70. The first-order valence-electron chi connectivity index (χ1n) is 12.1. The van der Waals surface area contributed by atoms with E-state index in [2.05, 4.69) is 27.2 Å². The van der Waals surface area contributed by atoms with Crippen molar-refractivity contribution < 1.29 is 14.3 Å². The molecular weight excluding hydrogens is 442 g/mol. The van der Waals surface area contributed by atoms with Crippen molar-refractivity contribution in [1.29, 1.82) is 0 Å². The standard InChI is InChI=1S/C27H33N5O3/c1-5-19-10-12-22(13-11-19)34-25-23(18-30-24(31-25)20-8-6-14-28-16-20)29-17-21-9-7-15-32(21)26(33)35-27(2,3)4/h6,8,10-14,16,18,21,29H,5,7,9,15,17H2,1-4H3. The van der Waals surface area contributed by atoms with Gasteiger partial charge in [0.1, 0.15) is 17.0 Å². The predicted molar refractivity (Wildman–Crippen MR) is 136 cm³/mol. The molecule has 1 N–H and O–H groups in total. The molecule has 0 aliphatic carbocycles. The number of benzene rings is 1. The molecule has 0 spiro atoms. The molecule has 0 radical (unpaired) electrons. The first-order valence-corrected chi connectivity index (χ1v) is 12.1. The molecule has 3 heterocycles. The summed E-state index contributed by atoms with van der Waals surface area (Å²) in [6.45, 7) is 8.99. The van der Waals surface area contributed by atoms with Gasteiger partial charge in [-0.15, -0.1) is 0 Å². The fraction of sp³-hybridized carbons (Fsp3) is 0.407. The first kappa shape index (κ1) is 24.4. The van der Waals surface area contributed by atoms with Crippen molar-refractivity contribution in [3.05, 3.63) is 60.6 Å². The molecule has 35 heavy (non-hydrogen) atoms. The van der Waals surface area contributed by atoms with E-state index in [1.807, 2.05) is 57.2 Å². The van der Waals surface area contributed by atoms with Crippen molar-refractivity contribution in [2.24, 2.45) is 0 Å². The molecule has 1 aliphatic rings. The Bertz CT molecular complexity index is 1130. The van der Waals surface area contributed by atoms with Gasteiger partial charge in [-0.2, -0.15) is 4.98 Å². The van der Waals surface area contributed by atoms with Crippen LogP contribution in [0, 0.1) is 0 Å². The Hall–Kier alpha value is -3.68. The summed E-state index contributed by atoms with van der Waals surface area (Å²) in [6.07, 6.45) is 7.67. The van der Waals surface area contributed by atoms with Gasteiger partial charge in [-0.25, -0.2) is 9.78 Å². The number of hydrogen-bond donors (Lipinski definition) is 1. The summed E-state index contributed by atoms with van der Waals surface area (Å²) in [7, 11) is 0. The summed E-state index contributed by atoms with van der Waals surface area (Å²) in [5, 5.41) is 3.41. The number of carbonyl (C=O) groups excluding carboxylic acids is 1.